The number of aliphatic hydroxyl groups excluding tert-OH is 1. The lowest BCUT2D eigenvalue weighted by Gasteiger charge is -2.32. The van der Waals surface area contributed by atoms with E-state index in [2.05, 4.69) is 94.0 Å². The van der Waals surface area contributed by atoms with Crippen molar-refractivity contribution >= 4 is 79.6 Å². The molecule has 64 heavy (non-hydrogen) atoms. The van der Waals surface area contributed by atoms with Gasteiger partial charge in [-0.25, -0.2) is 37.5 Å². The minimum absolute atomic E-state index is 0. The lowest BCUT2D eigenvalue weighted by molar-refractivity contribution is 0.211. The molecule has 0 bridgehead atoms. The van der Waals surface area contributed by atoms with E-state index in [1.807, 2.05) is 0 Å². The SMILES string of the molecule is CC(C)c1cc2c(NC3CCN(Cc4cc(F)cc(F)c4)CC3)ncnc2s1.CC(C)c1cc2c(NC3CCN(Cc4cc(F)cc(F)c4)CC3)ncnc2s1.CCC.CCO.Cl.Cl. The summed E-state index contributed by atoms with van der Waals surface area (Å²) in [5, 5.41) is 16.9. The summed E-state index contributed by atoms with van der Waals surface area (Å²) < 4.78 is 53.5. The summed E-state index contributed by atoms with van der Waals surface area (Å²) in [6, 6.07) is 12.5. The van der Waals surface area contributed by atoms with Crippen molar-refractivity contribution in [3.63, 3.8) is 0 Å². The molecule has 0 atom stereocenters. The molecule has 2 aliphatic rings. The van der Waals surface area contributed by atoms with Crippen molar-refractivity contribution in [1.29, 1.82) is 0 Å². The van der Waals surface area contributed by atoms with Gasteiger partial charge in [-0.1, -0.05) is 48.0 Å². The first-order valence-electron chi connectivity index (χ1n) is 21.8. The Labute approximate surface area is 396 Å². The van der Waals surface area contributed by atoms with Gasteiger partial charge in [0.15, 0.2) is 0 Å². The van der Waals surface area contributed by atoms with Crippen LogP contribution in [0.25, 0.3) is 20.4 Å². The average molecular weight is 968 g/mol. The second-order valence-electron chi connectivity index (χ2n) is 16.5. The number of piperidine rings is 2. The van der Waals surface area contributed by atoms with Gasteiger partial charge in [-0.2, -0.15) is 0 Å². The van der Waals surface area contributed by atoms with Crippen LogP contribution in [0.1, 0.15) is 113 Å². The minimum Gasteiger partial charge on any atom is -0.397 e. The number of likely N-dealkylation sites (tertiary alicyclic amines) is 2. The van der Waals surface area contributed by atoms with Crippen molar-refractivity contribution in [3.8, 4) is 0 Å². The van der Waals surface area contributed by atoms with Gasteiger partial charge in [-0.05, 0) is 92.0 Å². The molecule has 0 radical (unpaired) electrons. The molecule has 0 aliphatic carbocycles. The third kappa shape index (κ3) is 16.3. The number of nitrogens with zero attached hydrogens (tertiary/aromatic N) is 6. The van der Waals surface area contributed by atoms with Gasteiger partial charge in [0.25, 0.3) is 0 Å². The van der Waals surface area contributed by atoms with Gasteiger partial charge < -0.3 is 15.7 Å². The summed E-state index contributed by atoms with van der Waals surface area (Å²) in [6.07, 6.45) is 8.35. The third-order valence-corrected chi connectivity index (χ3v) is 13.0. The highest BCUT2D eigenvalue weighted by Gasteiger charge is 2.23. The quantitative estimate of drug-likeness (QED) is 0.116. The Morgan fingerprint density at radius 2 is 0.891 bits per heavy atom. The first-order valence-corrected chi connectivity index (χ1v) is 23.4. The molecule has 0 saturated carbocycles. The molecular weight excluding hydrogens is 904 g/mol. The maximum absolute atomic E-state index is 13.4. The Morgan fingerprint density at radius 3 is 1.19 bits per heavy atom. The maximum atomic E-state index is 13.4. The number of hydrogen-bond acceptors (Lipinski definition) is 11. The average Bonchev–Trinajstić information content (AvgIpc) is 3.87. The number of aromatic nitrogens is 4. The van der Waals surface area contributed by atoms with E-state index in [1.54, 1.807) is 42.3 Å². The topological polar surface area (TPSA) is 102 Å². The number of nitrogens with one attached hydrogen (secondary N) is 2. The number of rotatable bonds is 10. The molecule has 6 aromatic rings. The molecule has 2 saturated heterocycles. The van der Waals surface area contributed by atoms with Gasteiger partial charge in [0.1, 0.15) is 57.2 Å². The molecule has 0 amide bonds. The van der Waals surface area contributed by atoms with Gasteiger partial charge in [-0.15, -0.1) is 47.5 Å². The van der Waals surface area contributed by atoms with Crippen LogP contribution in [-0.2, 0) is 13.1 Å². The molecule has 352 valence electrons. The molecule has 4 aromatic heterocycles. The molecular formula is C47H64Cl2F4N8OS2. The lowest BCUT2D eigenvalue weighted by atomic mass is 10.0. The fourth-order valence-corrected chi connectivity index (χ4v) is 9.33. The second-order valence-corrected chi connectivity index (χ2v) is 18.6. The van der Waals surface area contributed by atoms with Crippen molar-refractivity contribution in [2.75, 3.05) is 43.4 Å². The van der Waals surface area contributed by atoms with E-state index in [0.717, 1.165) is 96.1 Å². The normalized spacial score (nSPS) is 14.7. The molecule has 2 aliphatic heterocycles. The van der Waals surface area contributed by atoms with Crippen LogP contribution in [0, 0.1) is 23.3 Å². The first kappa shape index (κ1) is 54.6. The number of hydrogen-bond donors (Lipinski definition) is 3. The lowest BCUT2D eigenvalue weighted by Crippen LogP contribution is -2.38. The van der Waals surface area contributed by atoms with Gasteiger partial charge in [-0.3, -0.25) is 9.80 Å². The summed E-state index contributed by atoms with van der Waals surface area (Å²) in [6.45, 7) is 19.6. The molecule has 9 nitrogen and oxygen atoms in total. The zero-order valence-electron chi connectivity index (χ0n) is 37.8. The molecule has 2 aromatic carbocycles. The van der Waals surface area contributed by atoms with Gasteiger partial charge in [0, 0.05) is 79.8 Å². The van der Waals surface area contributed by atoms with Gasteiger partial charge >= 0.3 is 0 Å². The van der Waals surface area contributed by atoms with Crippen molar-refractivity contribution in [1.82, 2.24) is 29.7 Å². The fraction of sp³-hybridized carbons (Fsp3) is 0.489. The molecule has 6 heterocycles. The Hall–Kier alpha value is -3.70. The molecule has 0 unspecified atom stereocenters. The van der Waals surface area contributed by atoms with E-state index in [-0.39, 0.29) is 31.4 Å². The number of thiophene rings is 2. The van der Waals surface area contributed by atoms with Crippen molar-refractivity contribution < 1.29 is 22.7 Å². The number of halogens is 6. The molecule has 3 N–H and O–H groups in total. The molecule has 0 spiro atoms. The van der Waals surface area contributed by atoms with Crippen LogP contribution >= 0.6 is 47.5 Å². The Kier molecular flexibility index (Phi) is 23.1. The fourth-order valence-electron chi connectivity index (χ4n) is 7.33. The van der Waals surface area contributed by atoms with Crippen LogP contribution < -0.4 is 10.6 Å². The monoisotopic (exact) mass is 966 g/mol. The number of fused-ring (bicyclic) bond motifs is 2. The van der Waals surface area contributed by atoms with E-state index >= 15 is 0 Å². The molecule has 2 fully saturated rings. The second kappa shape index (κ2) is 27.1. The highest BCUT2D eigenvalue weighted by molar-refractivity contribution is 7.19. The van der Waals surface area contributed by atoms with Crippen molar-refractivity contribution in [2.24, 2.45) is 0 Å². The largest absolute Gasteiger partial charge is 0.397 e. The standard InChI is InChI=1S/2C21H24F2N4S.C3H8.C2H6O.2ClH/c2*1-13(2)19-10-18-20(24-12-25-21(18)28-19)26-17-3-5-27(6-4-17)11-14-7-15(22)9-16(23)8-14;1-3-2;1-2-3;;/h2*7-10,12-13,17H,3-6,11H2,1-2H3,(H,24,25,26);3H2,1-2H3;3H,2H2,1H3;2*1H. The van der Waals surface area contributed by atoms with Crippen molar-refractivity contribution in [3.05, 3.63) is 105 Å². The first-order chi connectivity index (χ1) is 29.8. The summed E-state index contributed by atoms with van der Waals surface area (Å²) in [7, 11) is 0. The predicted octanol–water partition coefficient (Wildman–Crippen LogP) is 12.6. The Morgan fingerprint density at radius 1 is 0.578 bits per heavy atom. The summed E-state index contributed by atoms with van der Waals surface area (Å²) in [4.78, 5) is 26.9. The third-order valence-electron chi connectivity index (χ3n) is 10.3. The smallest absolute Gasteiger partial charge is 0.138 e. The van der Waals surface area contributed by atoms with Crippen LogP contribution in [0.5, 0.6) is 0 Å². The number of benzene rings is 2. The zero-order chi connectivity index (χ0) is 44.8. The molecule has 8 rings (SSSR count). The van der Waals surface area contributed by atoms with Crippen LogP contribution in [0.3, 0.4) is 0 Å². The number of anilines is 2. The van der Waals surface area contributed by atoms with E-state index in [4.69, 9.17) is 5.11 Å². The van der Waals surface area contributed by atoms with Gasteiger partial charge in [0.05, 0.1) is 10.8 Å². The van der Waals surface area contributed by atoms with Gasteiger partial charge in [0.2, 0.25) is 0 Å². The summed E-state index contributed by atoms with van der Waals surface area (Å²) >= 11 is 3.45. The summed E-state index contributed by atoms with van der Waals surface area (Å²) in [5.41, 5.74) is 1.36. The highest BCUT2D eigenvalue weighted by atomic mass is 35.5. The van der Waals surface area contributed by atoms with Crippen LogP contribution in [0.4, 0.5) is 29.2 Å². The highest BCUT2D eigenvalue weighted by Crippen LogP contribution is 2.34. The van der Waals surface area contributed by atoms with Crippen molar-refractivity contribution in [2.45, 2.75) is 118 Å². The zero-order valence-corrected chi connectivity index (χ0v) is 41.1. The Bertz CT molecular complexity index is 2100. The van der Waals surface area contributed by atoms with E-state index in [9.17, 15) is 17.6 Å². The Balaban J connectivity index is 0.000000295. The van der Waals surface area contributed by atoms with E-state index < -0.39 is 23.3 Å². The van der Waals surface area contributed by atoms with Crippen LogP contribution in [0.2, 0.25) is 0 Å². The van der Waals surface area contributed by atoms with E-state index in [0.29, 0.717) is 48.1 Å². The summed E-state index contributed by atoms with van der Waals surface area (Å²) in [5.74, 6) is 0.682. The maximum Gasteiger partial charge on any atom is 0.138 e. The van der Waals surface area contributed by atoms with E-state index in [1.165, 1.54) is 40.4 Å². The van der Waals surface area contributed by atoms with Crippen LogP contribution in [-0.4, -0.2) is 79.7 Å². The molecule has 17 heteroatoms. The minimum atomic E-state index is -0.518. The van der Waals surface area contributed by atoms with Crippen LogP contribution in [0.15, 0.2) is 61.2 Å². The number of aliphatic hydroxyl groups is 1. The predicted molar refractivity (Wildman–Crippen MR) is 263 cm³/mol.